The number of hydrogen-bond donors (Lipinski definition) is 2. The monoisotopic (exact) mass is 450 g/mol. The number of amides is 4. The van der Waals surface area contributed by atoms with E-state index in [1.807, 2.05) is 47.3 Å². The van der Waals surface area contributed by atoms with Gasteiger partial charge in [0.15, 0.2) is 0 Å². The zero-order chi connectivity index (χ0) is 22.7. The summed E-state index contributed by atoms with van der Waals surface area (Å²) in [6.45, 7) is -0.405. The summed E-state index contributed by atoms with van der Waals surface area (Å²) in [5.41, 5.74) is 2.25. The molecule has 0 atom stereocenters. The lowest BCUT2D eigenvalue weighted by Crippen LogP contribution is -2.38. The Morgan fingerprint density at radius 2 is 1.81 bits per heavy atom. The second-order valence-corrected chi connectivity index (χ2v) is 7.42. The normalized spacial score (nSPS) is 14.6. The van der Waals surface area contributed by atoms with Crippen LogP contribution in [0.25, 0.3) is 11.8 Å². The lowest BCUT2D eigenvalue weighted by molar-refractivity contribution is -0.127. The Hall–Kier alpha value is -4.04. The van der Waals surface area contributed by atoms with Crippen molar-refractivity contribution in [3.05, 3.63) is 83.3 Å². The minimum absolute atomic E-state index is 0.0989. The van der Waals surface area contributed by atoms with Crippen molar-refractivity contribution in [2.24, 2.45) is 0 Å². The minimum atomic E-state index is -0.651. The van der Waals surface area contributed by atoms with Crippen LogP contribution in [-0.4, -0.2) is 41.0 Å². The van der Waals surface area contributed by atoms with Crippen molar-refractivity contribution in [1.82, 2.24) is 14.8 Å². The Bertz CT molecular complexity index is 1200. The maximum Gasteiger partial charge on any atom is 0.329 e. The van der Waals surface area contributed by atoms with Crippen molar-refractivity contribution < 1.29 is 19.1 Å². The van der Waals surface area contributed by atoms with E-state index in [-0.39, 0.29) is 5.70 Å². The van der Waals surface area contributed by atoms with E-state index in [0.29, 0.717) is 10.7 Å². The number of anilines is 1. The van der Waals surface area contributed by atoms with E-state index in [9.17, 15) is 14.4 Å². The Labute approximate surface area is 189 Å². The molecule has 2 heterocycles. The van der Waals surface area contributed by atoms with E-state index in [0.717, 1.165) is 21.9 Å². The zero-order valence-corrected chi connectivity index (χ0v) is 17.8. The predicted octanol–water partition coefficient (Wildman–Crippen LogP) is 3.67. The van der Waals surface area contributed by atoms with Crippen LogP contribution in [0.2, 0.25) is 5.02 Å². The number of halogens is 1. The van der Waals surface area contributed by atoms with Gasteiger partial charge in [0.05, 0.1) is 7.11 Å². The maximum atomic E-state index is 12.7. The largest absolute Gasteiger partial charge is 0.497 e. The summed E-state index contributed by atoms with van der Waals surface area (Å²) in [4.78, 5) is 38.0. The van der Waals surface area contributed by atoms with Gasteiger partial charge in [-0.3, -0.25) is 9.59 Å². The van der Waals surface area contributed by atoms with Gasteiger partial charge in [0.1, 0.15) is 18.0 Å². The fraction of sp³-hybridized carbons (Fsp3) is 0.0870. The number of methoxy groups -OCH3 is 1. The second-order valence-electron chi connectivity index (χ2n) is 6.98. The van der Waals surface area contributed by atoms with Gasteiger partial charge in [-0.1, -0.05) is 11.6 Å². The van der Waals surface area contributed by atoms with Crippen LogP contribution in [0.1, 0.15) is 5.56 Å². The number of urea groups is 1. The number of nitrogens with one attached hydrogen (secondary N) is 2. The lowest BCUT2D eigenvalue weighted by Gasteiger charge is -2.11. The highest BCUT2D eigenvalue weighted by Gasteiger charge is 2.34. The molecule has 0 unspecified atom stereocenters. The Kier molecular flexibility index (Phi) is 5.96. The third kappa shape index (κ3) is 4.65. The molecule has 4 amide bonds. The van der Waals surface area contributed by atoms with Crippen molar-refractivity contribution in [2.45, 2.75) is 0 Å². The number of ether oxygens (including phenoxy) is 1. The van der Waals surface area contributed by atoms with E-state index in [2.05, 4.69) is 10.6 Å². The highest BCUT2D eigenvalue weighted by Crippen LogP contribution is 2.19. The quantitative estimate of drug-likeness (QED) is 0.442. The van der Waals surface area contributed by atoms with Gasteiger partial charge >= 0.3 is 6.03 Å². The number of nitrogens with zero attached hydrogens (tertiary/aromatic N) is 2. The average Bonchev–Trinajstić information content (AvgIpc) is 3.36. The van der Waals surface area contributed by atoms with Gasteiger partial charge < -0.3 is 19.9 Å². The number of carbonyl (C=O) groups excluding carboxylic acids is 3. The molecule has 0 bridgehead atoms. The smallest absolute Gasteiger partial charge is 0.329 e. The molecule has 9 heteroatoms. The summed E-state index contributed by atoms with van der Waals surface area (Å²) >= 11 is 5.82. The maximum absolute atomic E-state index is 12.7. The first-order valence-electron chi connectivity index (χ1n) is 9.65. The summed E-state index contributed by atoms with van der Waals surface area (Å²) in [7, 11) is 1.60. The van der Waals surface area contributed by atoms with E-state index in [4.69, 9.17) is 16.3 Å². The molecule has 4 rings (SSSR count). The van der Waals surface area contributed by atoms with Gasteiger partial charge in [-0.25, -0.2) is 9.69 Å². The standard InChI is InChI=1S/C23H19ClN4O4/c1-32-19-8-6-18(7-9-19)27-11-10-15(13-27)12-20-22(30)28(23(31)26-20)14-21(29)25-17-4-2-16(24)3-5-17/h2-13H,14H2,1H3,(H,25,29)(H,26,31)/b20-12+. The first-order valence-corrected chi connectivity index (χ1v) is 10.0. The van der Waals surface area contributed by atoms with Crippen molar-refractivity contribution in [3.63, 3.8) is 0 Å². The average molecular weight is 451 g/mol. The van der Waals surface area contributed by atoms with Gasteiger partial charge in [0.2, 0.25) is 5.91 Å². The van der Waals surface area contributed by atoms with Crippen LogP contribution < -0.4 is 15.4 Å². The van der Waals surface area contributed by atoms with Gasteiger partial charge in [0.25, 0.3) is 5.91 Å². The first-order chi connectivity index (χ1) is 15.4. The molecule has 0 saturated carbocycles. The third-order valence-electron chi connectivity index (χ3n) is 4.79. The van der Waals surface area contributed by atoms with Gasteiger partial charge in [-0.15, -0.1) is 0 Å². The Morgan fingerprint density at radius 3 is 2.50 bits per heavy atom. The molecular formula is C23H19ClN4O4. The second kappa shape index (κ2) is 8.99. The van der Waals surface area contributed by atoms with E-state index in [1.54, 1.807) is 37.5 Å². The van der Waals surface area contributed by atoms with Crippen molar-refractivity contribution in [3.8, 4) is 11.4 Å². The number of rotatable bonds is 6. The van der Waals surface area contributed by atoms with Gasteiger partial charge in [0, 0.05) is 28.8 Å². The van der Waals surface area contributed by atoms with Gasteiger partial charge in [-0.2, -0.15) is 0 Å². The topological polar surface area (TPSA) is 92.7 Å². The van der Waals surface area contributed by atoms with Crippen LogP contribution in [0.4, 0.5) is 10.5 Å². The van der Waals surface area contributed by atoms with Crippen molar-refractivity contribution in [2.75, 3.05) is 19.0 Å². The number of imide groups is 1. The van der Waals surface area contributed by atoms with Crippen molar-refractivity contribution >= 4 is 41.2 Å². The minimum Gasteiger partial charge on any atom is -0.497 e. The van der Waals surface area contributed by atoms with Crippen LogP contribution in [0, 0.1) is 0 Å². The van der Waals surface area contributed by atoms with Crippen LogP contribution in [0.5, 0.6) is 5.75 Å². The third-order valence-corrected chi connectivity index (χ3v) is 5.04. The van der Waals surface area contributed by atoms with Crippen LogP contribution >= 0.6 is 11.6 Å². The molecule has 8 nitrogen and oxygen atoms in total. The molecule has 1 aliphatic heterocycles. The highest BCUT2D eigenvalue weighted by molar-refractivity contribution is 6.30. The highest BCUT2D eigenvalue weighted by atomic mass is 35.5. The van der Waals surface area contributed by atoms with E-state index < -0.39 is 24.4 Å². The summed E-state index contributed by atoms with van der Waals surface area (Å²) < 4.78 is 7.04. The lowest BCUT2D eigenvalue weighted by atomic mass is 10.2. The van der Waals surface area contributed by atoms with E-state index in [1.165, 1.54) is 0 Å². The number of carbonyl (C=O) groups is 3. The number of aromatic nitrogens is 1. The zero-order valence-electron chi connectivity index (χ0n) is 17.0. The molecule has 0 radical (unpaired) electrons. The molecule has 1 fully saturated rings. The molecule has 2 N–H and O–H groups in total. The van der Waals surface area contributed by atoms with Crippen LogP contribution in [-0.2, 0) is 9.59 Å². The SMILES string of the molecule is COc1ccc(-n2ccc(/C=C3/NC(=O)N(CC(=O)Nc4ccc(Cl)cc4)C3=O)c2)cc1. The molecule has 1 saturated heterocycles. The molecule has 32 heavy (non-hydrogen) atoms. The van der Waals surface area contributed by atoms with Crippen molar-refractivity contribution in [1.29, 1.82) is 0 Å². The van der Waals surface area contributed by atoms with Crippen LogP contribution in [0.15, 0.2) is 72.7 Å². The number of hydrogen-bond acceptors (Lipinski definition) is 4. The molecule has 0 spiro atoms. The summed E-state index contributed by atoms with van der Waals surface area (Å²) in [5, 5.41) is 5.68. The fourth-order valence-electron chi connectivity index (χ4n) is 3.17. The molecule has 1 aromatic heterocycles. The summed E-state index contributed by atoms with van der Waals surface area (Å²) in [6, 6.07) is 15.2. The Balaban J connectivity index is 1.43. The van der Waals surface area contributed by atoms with Crippen LogP contribution in [0.3, 0.4) is 0 Å². The molecule has 3 aromatic rings. The van der Waals surface area contributed by atoms with Gasteiger partial charge in [-0.05, 0) is 66.2 Å². The molecule has 162 valence electrons. The van der Waals surface area contributed by atoms with E-state index >= 15 is 0 Å². The summed E-state index contributed by atoms with van der Waals surface area (Å²) in [6.07, 6.45) is 5.23. The Morgan fingerprint density at radius 1 is 1.09 bits per heavy atom. The molecule has 0 aliphatic carbocycles. The number of benzene rings is 2. The molecule has 1 aliphatic rings. The molecule has 2 aromatic carbocycles. The first kappa shape index (κ1) is 21.2. The molecular weight excluding hydrogens is 432 g/mol. The predicted molar refractivity (Wildman–Crippen MR) is 121 cm³/mol. The fourth-order valence-corrected chi connectivity index (χ4v) is 3.30. The summed E-state index contributed by atoms with van der Waals surface area (Å²) in [5.74, 6) is -0.316.